The van der Waals surface area contributed by atoms with Crippen LogP contribution in [-0.4, -0.2) is 23.4 Å². The molecule has 0 aliphatic carbocycles. The standard InChI is InChI=1S/C8H9N3O.2C2H6.CH5N/c1-3-7(4-5-9)8-10-6(2)11-12-8;3*1-2/h3-5,9H,1H2,2H3;2*1-2H3;2H2,1H3/b7-4+,9-5?;;;. The van der Waals surface area contributed by atoms with E-state index in [9.17, 15) is 0 Å². The molecule has 0 spiro atoms. The largest absolute Gasteiger partial charge is 0.334 e. The minimum Gasteiger partial charge on any atom is -0.334 e. The Hall–Kier alpha value is -1.75. The topological polar surface area (TPSA) is 88.8 Å². The summed E-state index contributed by atoms with van der Waals surface area (Å²) in [5, 5.41) is 10.5. The number of hydrogen-bond acceptors (Lipinski definition) is 5. The van der Waals surface area contributed by atoms with E-state index in [0.717, 1.165) is 6.21 Å². The summed E-state index contributed by atoms with van der Waals surface area (Å²) in [6.45, 7) is 13.3. The highest BCUT2D eigenvalue weighted by atomic mass is 16.5. The fourth-order valence-corrected chi connectivity index (χ4v) is 0.731. The van der Waals surface area contributed by atoms with Gasteiger partial charge in [-0.25, -0.2) is 0 Å². The summed E-state index contributed by atoms with van der Waals surface area (Å²) in [7, 11) is 1.50. The van der Waals surface area contributed by atoms with Gasteiger partial charge in [0.05, 0.1) is 0 Å². The van der Waals surface area contributed by atoms with Crippen molar-refractivity contribution < 1.29 is 4.52 Å². The number of aromatic nitrogens is 2. The second-order valence-electron chi connectivity index (χ2n) is 2.14. The predicted octanol–water partition coefficient (Wildman–Crippen LogP) is 3.22. The van der Waals surface area contributed by atoms with E-state index in [1.807, 2.05) is 27.7 Å². The lowest BCUT2D eigenvalue weighted by molar-refractivity contribution is 0.403. The van der Waals surface area contributed by atoms with Crippen LogP contribution < -0.4 is 5.73 Å². The van der Waals surface area contributed by atoms with Crippen LogP contribution in [0.15, 0.2) is 23.3 Å². The van der Waals surface area contributed by atoms with Crippen LogP contribution in [0.4, 0.5) is 0 Å². The molecule has 104 valence electrons. The Balaban J connectivity index is -0.000000328. The van der Waals surface area contributed by atoms with Crippen molar-refractivity contribution in [2.24, 2.45) is 5.73 Å². The maximum Gasteiger partial charge on any atom is 0.257 e. The fraction of sp³-hybridized carbons (Fsp3) is 0.462. The molecule has 5 heteroatoms. The molecule has 1 aromatic rings. The first-order valence-corrected chi connectivity index (χ1v) is 5.99. The molecule has 0 aliphatic heterocycles. The SMILES string of the molecule is C=C/C(=C\C=N)c1nc(C)no1.CC.CC.CN. The summed E-state index contributed by atoms with van der Waals surface area (Å²) in [5.74, 6) is 0.966. The Morgan fingerprint density at radius 2 is 1.78 bits per heavy atom. The number of allylic oxidation sites excluding steroid dienone is 3. The first-order valence-electron chi connectivity index (χ1n) is 5.99. The van der Waals surface area contributed by atoms with Gasteiger partial charge in [0.2, 0.25) is 0 Å². The zero-order valence-electron chi connectivity index (χ0n) is 12.3. The van der Waals surface area contributed by atoms with Crippen molar-refractivity contribution in [2.45, 2.75) is 34.6 Å². The summed E-state index contributed by atoms with van der Waals surface area (Å²) in [4.78, 5) is 3.98. The second kappa shape index (κ2) is 17.6. The van der Waals surface area contributed by atoms with Crippen LogP contribution in [0.3, 0.4) is 0 Å². The number of nitrogens with one attached hydrogen (secondary N) is 1. The van der Waals surface area contributed by atoms with Gasteiger partial charge in [-0.15, -0.1) is 0 Å². The molecule has 0 aromatic carbocycles. The summed E-state index contributed by atoms with van der Waals surface area (Å²) >= 11 is 0. The Morgan fingerprint density at radius 1 is 1.28 bits per heavy atom. The molecule has 0 unspecified atom stereocenters. The third-order valence-electron chi connectivity index (χ3n) is 1.26. The molecular weight excluding hydrogens is 228 g/mol. The van der Waals surface area contributed by atoms with E-state index in [0.29, 0.717) is 17.3 Å². The van der Waals surface area contributed by atoms with Gasteiger partial charge < -0.3 is 15.7 Å². The summed E-state index contributed by atoms with van der Waals surface area (Å²) < 4.78 is 4.87. The average molecular weight is 254 g/mol. The van der Waals surface area contributed by atoms with Crippen LogP contribution in [0, 0.1) is 12.3 Å². The molecule has 0 amide bonds. The van der Waals surface area contributed by atoms with Crippen LogP contribution in [0.1, 0.15) is 39.4 Å². The summed E-state index contributed by atoms with van der Waals surface area (Å²) in [6, 6.07) is 0. The Labute approximate surface area is 110 Å². The van der Waals surface area contributed by atoms with Crippen molar-refractivity contribution >= 4 is 11.8 Å². The monoisotopic (exact) mass is 254 g/mol. The Bertz CT molecular complexity index is 329. The van der Waals surface area contributed by atoms with Crippen LogP contribution >= 0.6 is 0 Å². The molecule has 0 radical (unpaired) electrons. The third kappa shape index (κ3) is 9.47. The second-order valence-corrected chi connectivity index (χ2v) is 2.14. The van der Waals surface area contributed by atoms with Gasteiger partial charge in [0.1, 0.15) is 0 Å². The van der Waals surface area contributed by atoms with Crippen molar-refractivity contribution in [3.05, 3.63) is 30.4 Å². The van der Waals surface area contributed by atoms with Crippen molar-refractivity contribution in [1.29, 1.82) is 5.41 Å². The van der Waals surface area contributed by atoms with Crippen LogP contribution in [-0.2, 0) is 0 Å². The molecule has 0 fully saturated rings. The van der Waals surface area contributed by atoms with Crippen molar-refractivity contribution in [3.8, 4) is 0 Å². The zero-order valence-corrected chi connectivity index (χ0v) is 12.3. The van der Waals surface area contributed by atoms with E-state index >= 15 is 0 Å². The smallest absolute Gasteiger partial charge is 0.257 e. The van der Waals surface area contributed by atoms with Crippen molar-refractivity contribution in [2.75, 3.05) is 7.05 Å². The van der Waals surface area contributed by atoms with Crippen LogP contribution in [0.2, 0.25) is 0 Å². The molecule has 0 aliphatic rings. The number of aryl methyl sites for hydroxylation is 1. The van der Waals surface area contributed by atoms with Crippen LogP contribution in [0.25, 0.3) is 5.57 Å². The van der Waals surface area contributed by atoms with Gasteiger partial charge in [-0.3, -0.25) is 0 Å². The number of hydrogen-bond donors (Lipinski definition) is 2. The van der Waals surface area contributed by atoms with E-state index in [4.69, 9.17) is 9.93 Å². The van der Waals surface area contributed by atoms with E-state index in [2.05, 4.69) is 22.5 Å². The van der Waals surface area contributed by atoms with E-state index in [1.54, 1.807) is 19.1 Å². The first kappa shape index (κ1) is 21.5. The minimum atomic E-state index is 0.394. The molecule has 0 saturated carbocycles. The van der Waals surface area contributed by atoms with Crippen molar-refractivity contribution in [3.63, 3.8) is 0 Å². The number of nitrogens with two attached hydrogens (primary N) is 1. The third-order valence-corrected chi connectivity index (χ3v) is 1.26. The lowest BCUT2D eigenvalue weighted by Gasteiger charge is -1.88. The highest BCUT2D eigenvalue weighted by molar-refractivity contribution is 5.84. The maximum absolute atomic E-state index is 6.85. The molecule has 1 heterocycles. The predicted molar refractivity (Wildman–Crippen MR) is 78.8 cm³/mol. The molecule has 0 saturated heterocycles. The quantitative estimate of drug-likeness (QED) is 0.640. The average Bonchev–Trinajstić information content (AvgIpc) is 2.89. The highest BCUT2D eigenvalue weighted by Crippen LogP contribution is 2.11. The van der Waals surface area contributed by atoms with Gasteiger partial charge in [0, 0.05) is 11.8 Å². The molecule has 5 nitrogen and oxygen atoms in total. The molecule has 18 heavy (non-hydrogen) atoms. The molecule has 3 N–H and O–H groups in total. The molecule has 0 bridgehead atoms. The van der Waals surface area contributed by atoms with E-state index < -0.39 is 0 Å². The molecular formula is C13H26N4O. The molecule has 0 atom stereocenters. The summed E-state index contributed by atoms with van der Waals surface area (Å²) in [5.41, 5.74) is 5.16. The number of rotatable bonds is 3. The van der Waals surface area contributed by atoms with Gasteiger partial charge in [-0.2, -0.15) is 4.98 Å². The maximum atomic E-state index is 6.85. The lowest BCUT2D eigenvalue weighted by Crippen LogP contribution is -1.81. The zero-order chi connectivity index (χ0) is 15.0. The minimum absolute atomic E-state index is 0.394. The van der Waals surface area contributed by atoms with Gasteiger partial charge >= 0.3 is 0 Å². The van der Waals surface area contributed by atoms with E-state index in [-0.39, 0.29) is 0 Å². The lowest BCUT2D eigenvalue weighted by atomic mass is 10.2. The molecule has 1 rings (SSSR count). The van der Waals surface area contributed by atoms with Gasteiger partial charge in [-0.05, 0) is 20.0 Å². The van der Waals surface area contributed by atoms with Crippen molar-refractivity contribution in [1.82, 2.24) is 10.1 Å². The number of nitrogens with zero attached hydrogens (tertiary/aromatic N) is 2. The van der Waals surface area contributed by atoms with Gasteiger partial charge in [-0.1, -0.05) is 45.5 Å². The Kier molecular flexibility index (Phi) is 21.1. The first-order chi connectivity index (χ1) is 8.77. The normalized spacial score (nSPS) is 8.50. The fourth-order valence-electron chi connectivity index (χ4n) is 0.731. The van der Waals surface area contributed by atoms with Gasteiger partial charge in [0.15, 0.2) is 5.82 Å². The van der Waals surface area contributed by atoms with Gasteiger partial charge in [0.25, 0.3) is 5.89 Å². The van der Waals surface area contributed by atoms with E-state index in [1.165, 1.54) is 7.05 Å². The highest BCUT2D eigenvalue weighted by Gasteiger charge is 2.04. The van der Waals surface area contributed by atoms with Crippen LogP contribution in [0.5, 0.6) is 0 Å². The Morgan fingerprint density at radius 3 is 2.06 bits per heavy atom. The summed E-state index contributed by atoms with van der Waals surface area (Å²) in [6.07, 6.45) is 4.26. The molecule has 1 aromatic heterocycles.